The molecular weight excluding hydrogens is 346 g/mol. The topological polar surface area (TPSA) is 88.1 Å². The monoisotopic (exact) mass is 377 g/mol. The van der Waals surface area contributed by atoms with Crippen LogP contribution >= 0.6 is 0 Å². The lowest BCUT2D eigenvalue weighted by atomic mass is 10.1. The first-order valence-electron chi connectivity index (χ1n) is 9.34. The summed E-state index contributed by atoms with van der Waals surface area (Å²) in [7, 11) is 1.72. The van der Waals surface area contributed by atoms with Crippen molar-refractivity contribution in [1.82, 2.24) is 20.5 Å². The van der Waals surface area contributed by atoms with E-state index in [0.29, 0.717) is 38.1 Å². The highest BCUT2D eigenvalue weighted by Gasteiger charge is 2.34. The average molecular weight is 377 g/mol. The van der Waals surface area contributed by atoms with Gasteiger partial charge in [0.1, 0.15) is 5.60 Å². The number of nitrogens with one attached hydrogen (secondary N) is 2. The summed E-state index contributed by atoms with van der Waals surface area (Å²) >= 11 is 0. The van der Waals surface area contributed by atoms with Gasteiger partial charge in [-0.2, -0.15) is 0 Å². The molecule has 0 saturated carbocycles. The van der Waals surface area contributed by atoms with Crippen LogP contribution in [0.25, 0.3) is 0 Å². The van der Waals surface area contributed by atoms with Crippen molar-refractivity contribution in [2.45, 2.75) is 52.3 Å². The van der Waals surface area contributed by atoms with Gasteiger partial charge in [-0.3, -0.25) is 4.99 Å². The molecule has 0 spiro atoms. The molecule has 150 valence electrons. The Kier molecular flexibility index (Phi) is 7.27. The zero-order chi connectivity index (χ0) is 19.9. The number of hydrogen-bond acceptors (Lipinski definition) is 5. The molecule has 1 fully saturated rings. The van der Waals surface area contributed by atoms with Gasteiger partial charge < -0.3 is 25.0 Å². The van der Waals surface area contributed by atoms with Gasteiger partial charge >= 0.3 is 6.09 Å². The van der Waals surface area contributed by atoms with E-state index in [1.54, 1.807) is 18.1 Å². The smallest absolute Gasteiger partial charge is 0.410 e. The lowest BCUT2D eigenvalue weighted by Gasteiger charge is -2.40. The van der Waals surface area contributed by atoms with E-state index >= 15 is 0 Å². The number of carbonyl (C=O) groups is 1. The third kappa shape index (κ3) is 6.62. The Morgan fingerprint density at radius 1 is 1.41 bits per heavy atom. The van der Waals surface area contributed by atoms with E-state index in [4.69, 9.17) is 9.47 Å². The number of likely N-dealkylation sites (tertiary alicyclic amines) is 1. The number of aromatic nitrogens is 1. The number of aliphatic imine (C=N–C) groups is 1. The molecule has 0 bridgehead atoms. The first-order chi connectivity index (χ1) is 12.8. The van der Waals surface area contributed by atoms with Crippen molar-refractivity contribution in [1.29, 1.82) is 0 Å². The van der Waals surface area contributed by atoms with Gasteiger partial charge in [0.05, 0.1) is 12.6 Å². The van der Waals surface area contributed by atoms with Crippen LogP contribution in [0.4, 0.5) is 4.79 Å². The zero-order valence-corrected chi connectivity index (χ0v) is 16.9. The van der Waals surface area contributed by atoms with Gasteiger partial charge in [-0.15, -0.1) is 0 Å². The Balaban J connectivity index is 1.79. The predicted octanol–water partition coefficient (Wildman–Crippen LogP) is 2.15. The molecular formula is C19H31N5O3. The maximum absolute atomic E-state index is 12.0. The van der Waals surface area contributed by atoms with Crippen LogP contribution in [0.5, 0.6) is 5.88 Å². The predicted molar refractivity (Wildman–Crippen MR) is 105 cm³/mol. The fourth-order valence-corrected chi connectivity index (χ4v) is 2.50. The summed E-state index contributed by atoms with van der Waals surface area (Å²) in [6, 6.07) is 4.01. The Bertz CT molecular complexity index is 651. The summed E-state index contributed by atoms with van der Waals surface area (Å²) < 4.78 is 11.0. The molecule has 1 saturated heterocycles. The summed E-state index contributed by atoms with van der Waals surface area (Å²) in [6.45, 7) is 10.0. The molecule has 0 unspecified atom stereocenters. The van der Waals surface area contributed by atoms with Gasteiger partial charge in [0.25, 0.3) is 0 Å². The van der Waals surface area contributed by atoms with E-state index < -0.39 is 5.60 Å². The maximum atomic E-state index is 12.0. The summed E-state index contributed by atoms with van der Waals surface area (Å²) in [4.78, 5) is 22.2. The van der Waals surface area contributed by atoms with Gasteiger partial charge in [0.2, 0.25) is 5.88 Å². The second-order valence-electron chi connectivity index (χ2n) is 7.47. The number of amides is 1. The lowest BCUT2D eigenvalue weighted by molar-refractivity contribution is 0.00701. The van der Waals surface area contributed by atoms with Crippen LogP contribution in [0.1, 0.15) is 39.7 Å². The van der Waals surface area contributed by atoms with Crippen molar-refractivity contribution in [2.75, 3.05) is 26.7 Å². The standard InChI is InChI=1S/C19H31N5O3/c1-6-10-26-16-14(8-7-9-21-16)11-22-17(20-5)23-15-12-24(13-15)18(25)27-19(2,3)4/h7-9,15H,6,10-13H2,1-5H3,(H2,20,22,23). The van der Waals surface area contributed by atoms with E-state index in [0.717, 1.165) is 12.0 Å². The van der Waals surface area contributed by atoms with Gasteiger partial charge in [0.15, 0.2) is 5.96 Å². The normalized spacial score (nSPS) is 15.1. The number of nitrogens with zero attached hydrogens (tertiary/aromatic N) is 3. The fourth-order valence-electron chi connectivity index (χ4n) is 2.50. The SMILES string of the molecule is CCCOc1ncccc1CNC(=NC)NC1CN(C(=O)OC(C)(C)C)C1. The molecule has 8 heteroatoms. The molecule has 0 atom stereocenters. The molecule has 2 N–H and O–H groups in total. The van der Waals surface area contributed by atoms with Crippen molar-refractivity contribution in [3.63, 3.8) is 0 Å². The highest BCUT2D eigenvalue weighted by Crippen LogP contribution is 2.16. The second kappa shape index (κ2) is 9.43. The van der Waals surface area contributed by atoms with Gasteiger partial charge in [-0.05, 0) is 33.3 Å². The van der Waals surface area contributed by atoms with Crippen LogP contribution in [-0.2, 0) is 11.3 Å². The van der Waals surface area contributed by atoms with Crippen molar-refractivity contribution in [3.05, 3.63) is 23.9 Å². The number of carbonyl (C=O) groups excluding carboxylic acids is 1. The van der Waals surface area contributed by atoms with Gasteiger partial charge in [0, 0.05) is 38.4 Å². The summed E-state index contributed by atoms with van der Waals surface area (Å²) in [5.41, 5.74) is 0.493. The molecule has 1 aromatic heterocycles. The highest BCUT2D eigenvalue weighted by atomic mass is 16.6. The van der Waals surface area contributed by atoms with Crippen molar-refractivity contribution in [3.8, 4) is 5.88 Å². The molecule has 1 aromatic rings. The third-order valence-corrected chi connectivity index (χ3v) is 3.84. The van der Waals surface area contributed by atoms with Crippen LogP contribution in [0.15, 0.2) is 23.3 Å². The molecule has 8 nitrogen and oxygen atoms in total. The van der Waals surface area contributed by atoms with E-state index in [2.05, 4.69) is 27.5 Å². The number of guanidine groups is 1. The van der Waals surface area contributed by atoms with E-state index in [9.17, 15) is 4.79 Å². The highest BCUT2D eigenvalue weighted by molar-refractivity contribution is 5.80. The van der Waals surface area contributed by atoms with Crippen LogP contribution < -0.4 is 15.4 Å². The maximum Gasteiger partial charge on any atom is 0.410 e. The quantitative estimate of drug-likeness (QED) is 0.583. The van der Waals surface area contributed by atoms with E-state index in [1.807, 2.05) is 32.9 Å². The minimum Gasteiger partial charge on any atom is -0.477 e. The first-order valence-corrected chi connectivity index (χ1v) is 9.34. The Morgan fingerprint density at radius 3 is 2.78 bits per heavy atom. The van der Waals surface area contributed by atoms with Crippen LogP contribution in [-0.4, -0.2) is 60.3 Å². The van der Waals surface area contributed by atoms with E-state index in [1.165, 1.54) is 0 Å². The average Bonchev–Trinajstić information content (AvgIpc) is 2.57. The molecule has 2 rings (SSSR count). The minimum atomic E-state index is -0.478. The minimum absolute atomic E-state index is 0.147. The molecule has 0 aromatic carbocycles. The number of ether oxygens (including phenoxy) is 2. The molecule has 0 aliphatic carbocycles. The zero-order valence-electron chi connectivity index (χ0n) is 16.9. The Hall–Kier alpha value is -2.51. The first kappa shape index (κ1) is 20.8. The van der Waals surface area contributed by atoms with E-state index in [-0.39, 0.29) is 12.1 Å². The van der Waals surface area contributed by atoms with Crippen LogP contribution in [0.3, 0.4) is 0 Å². The molecule has 2 heterocycles. The number of hydrogen-bond donors (Lipinski definition) is 2. The molecule has 0 radical (unpaired) electrons. The van der Waals surface area contributed by atoms with Crippen LogP contribution in [0.2, 0.25) is 0 Å². The molecule has 27 heavy (non-hydrogen) atoms. The largest absolute Gasteiger partial charge is 0.477 e. The van der Waals surface area contributed by atoms with Crippen molar-refractivity contribution < 1.29 is 14.3 Å². The summed E-state index contributed by atoms with van der Waals surface area (Å²) in [6.07, 6.45) is 2.38. The Labute approximate surface area is 161 Å². The summed E-state index contributed by atoms with van der Waals surface area (Å²) in [5, 5.41) is 6.58. The Morgan fingerprint density at radius 2 is 2.15 bits per heavy atom. The van der Waals surface area contributed by atoms with Crippen molar-refractivity contribution in [2.24, 2.45) is 4.99 Å². The molecule has 1 aliphatic rings. The van der Waals surface area contributed by atoms with Gasteiger partial charge in [-0.25, -0.2) is 9.78 Å². The van der Waals surface area contributed by atoms with Crippen molar-refractivity contribution >= 4 is 12.1 Å². The lowest BCUT2D eigenvalue weighted by Crippen LogP contribution is -2.63. The second-order valence-corrected chi connectivity index (χ2v) is 7.47. The molecule has 1 amide bonds. The number of pyridine rings is 1. The van der Waals surface area contributed by atoms with Crippen LogP contribution in [0, 0.1) is 0 Å². The fraction of sp³-hybridized carbons (Fsp3) is 0.632. The molecule has 1 aliphatic heterocycles. The summed E-state index contributed by atoms with van der Waals surface area (Å²) in [5.74, 6) is 1.32. The third-order valence-electron chi connectivity index (χ3n) is 3.84. The van der Waals surface area contributed by atoms with Gasteiger partial charge in [-0.1, -0.05) is 13.0 Å². The number of rotatable bonds is 6.